The van der Waals surface area contributed by atoms with Crippen molar-refractivity contribution >= 4 is 43.4 Å². The third-order valence-electron chi connectivity index (χ3n) is 2.36. The number of primary amides is 1. The highest BCUT2D eigenvalue weighted by Gasteiger charge is 2.31. The fourth-order valence-corrected chi connectivity index (χ4v) is 3.08. The molecule has 7 nitrogen and oxygen atoms in total. The van der Waals surface area contributed by atoms with Crippen molar-refractivity contribution in [1.82, 2.24) is 5.32 Å². The molecule has 0 heterocycles. The van der Waals surface area contributed by atoms with Gasteiger partial charge in [0.25, 0.3) is 0 Å². The van der Waals surface area contributed by atoms with Crippen LogP contribution in [0.25, 0.3) is 0 Å². The first-order valence-corrected chi connectivity index (χ1v) is 7.39. The van der Waals surface area contributed by atoms with Crippen LogP contribution in [0, 0.1) is 0 Å². The van der Waals surface area contributed by atoms with Crippen molar-refractivity contribution in [2.45, 2.75) is 17.1 Å². The lowest BCUT2D eigenvalue weighted by Gasteiger charge is -2.13. The molecule has 0 aromatic heterocycles. The molecule has 0 saturated carbocycles. The number of hydrogen-bond donors (Lipinski definition) is 3. The van der Waals surface area contributed by atoms with E-state index in [9.17, 15) is 18.0 Å². The average Bonchev–Trinajstić information content (AvgIpc) is 2.26. The second-order valence-corrected chi connectivity index (χ2v) is 6.88. The standard InChI is InChI=1S/C10H12BrN3O4S/c1-5(9(15)14-10(13)16)19(17,18)8-3-2-6(11)4-7(8)12/h2-5H,12H2,1H3,(H3,13,14,15,16). The molecule has 0 saturated heterocycles. The van der Waals surface area contributed by atoms with Crippen molar-refractivity contribution in [3.05, 3.63) is 22.7 Å². The van der Waals surface area contributed by atoms with Crippen LogP contribution in [0.2, 0.25) is 0 Å². The van der Waals surface area contributed by atoms with Crippen LogP contribution in [0.1, 0.15) is 6.92 Å². The summed E-state index contributed by atoms with van der Waals surface area (Å²) in [5, 5.41) is 0.237. The van der Waals surface area contributed by atoms with Gasteiger partial charge in [0.15, 0.2) is 9.84 Å². The van der Waals surface area contributed by atoms with E-state index in [1.807, 2.05) is 0 Å². The van der Waals surface area contributed by atoms with Crippen molar-refractivity contribution < 1.29 is 18.0 Å². The van der Waals surface area contributed by atoms with E-state index in [1.165, 1.54) is 18.2 Å². The first-order valence-electron chi connectivity index (χ1n) is 5.05. The average molecular weight is 350 g/mol. The Morgan fingerprint density at radius 2 is 1.95 bits per heavy atom. The predicted octanol–water partition coefficient (Wildman–Crippen LogP) is 0.388. The summed E-state index contributed by atoms with van der Waals surface area (Å²) in [6.07, 6.45) is 0. The SMILES string of the molecule is CC(C(=O)NC(N)=O)S(=O)(=O)c1ccc(Br)cc1N. The zero-order valence-electron chi connectivity index (χ0n) is 9.88. The maximum Gasteiger partial charge on any atom is 0.318 e. The highest BCUT2D eigenvalue weighted by Crippen LogP contribution is 2.26. The molecule has 1 rings (SSSR count). The van der Waals surface area contributed by atoms with Crippen molar-refractivity contribution in [3.8, 4) is 0 Å². The third-order valence-corrected chi connectivity index (χ3v) is 4.98. The Bertz CT molecular complexity index is 630. The number of nitrogens with one attached hydrogen (secondary N) is 1. The monoisotopic (exact) mass is 349 g/mol. The van der Waals surface area contributed by atoms with Crippen LogP contribution in [0.4, 0.5) is 10.5 Å². The zero-order valence-corrected chi connectivity index (χ0v) is 12.3. The smallest absolute Gasteiger partial charge is 0.318 e. The van der Waals surface area contributed by atoms with Crippen LogP contribution >= 0.6 is 15.9 Å². The Morgan fingerprint density at radius 1 is 1.37 bits per heavy atom. The van der Waals surface area contributed by atoms with Crippen LogP contribution in [0.5, 0.6) is 0 Å². The quantitative estimate of drug-likeness (QED) is 0.678. The number of sulfone groups is 1. The number of carbonyl (C=O) groups is 2. The van der Waals surface area contributed by atoms with Gasteiger partial charge >= 0.3 is 6.03 Å². The van der Waals surface area contributed by atoms with Gasteiger partial charge in [0.05, 0.1) is 10.6 Å². The van der Waals surface area contributed by atoms with Gasteiger partial charge in [-0.2, -0.15) is 0 Å². The number of hydrogen-bond acceptors (Lipinski definition) is 5. The lowest BCUT2D eigenvalue weighted by Crippen LogP contribution is -2.43. The van der Waals surface area contributed by atoms with Gasteiger partial charge in [0.2, 0.25) is 5.91 Å². The van der Waals surface area contributed by atoms with E-state index in [1.54, 1.807) is 5.32 Å². The molecule has 1 aromatic carbocycles. The maximum atomic E-state index is 12.2. The van der Waals surface area contributed by atoms with Crippen molar-refractivity contribution in [2.75, 3.05) is 5.73 Å². The molecule has 5 N–H and O–H groups in total. The molecule has 1 unspecified atom stereocenters. The van der Waals surface area contributed by atoms with E-state index in [2.05, 4.69) is 15.9 Å². The minimum Gasteiger partial charge on any atom is -0.398 e. The molecule has 1 atom stereocenters. The largest absolute Gasteiger partial charge is 0.398 e. The number of anilines is 1. The van der Waals surface area contributed by atoms with Crippen molar-refractivity contribution in [1.29, 1.82) is 0 Å². The molecule has 0 aliphatic heterocycles. The van der Waals surface area contributed by atoms with Crippen molar-refractivity contribution in [3.63, 3.8) is 0 Å². The molecule has 0 aliphatic carbocycles. The number of carbonyl (C=O) groups excluding carboxylic acids is 2. The fourth-order valence-electron chi connectivity index (χ4n) is 1.33. The van der Waals surface area contributed by atoms with Gasteiger partial charge in [0, 0.05) is 4.47 Å². The number of amides is 3. The zero-order chi connectivity index (χ0) is 14.8. The van der Waals surface area contributed by atoms with Gasteiger partial charge in [-0.15, -0.1) is 0 Å². The number of urea groups is 1. The topological polar surface area (TPSA) is 132 Å². The summed E-state index contributed by atoms with van der Waals surface area (Å²) in [6.45, 7) is 1.15. The molecule has 0 radical (unpaired) electrons. The van der Waals surface area contributed by atoms with Crippen molar-refractivity contribution in [2.24, 2.45) is 5.73 Å². The Labute approximate surface area is 118 Å². The van der Waals surface area contributed by atoms with Gasteiger partial charge in [0.1, 0.15) is 5.25 Å². The minimum absolute atomic E-state index is 0.00750. The second-order valence-electron chi connectivity index (χ2n) is 3.72. The molecule has 0 fully saturated rings. The molecule has 19 heavy (non-hydrogen) atoms. The maximum absolute atomic E-state index is 12.2. The lowest BCUT2D eigenvalue weighted by molar-refractivity contribution is -0.119. The molecular formula is C10H12BrN3O4S. The number of benzene rings is 1. The molecule has 1 aromatic rings. The first-order chi connectivity index (χ1) is 8.66. The van der Waals surface area contributed by atoms with E-state index >= 15 is 0 Å². The van der Waals surface area contributed by atoms with Gasteiger partial charge in [-0.3, -0.25) is 10.1 Å². The van der Waals surface area contributed by atoms with E-state index < -0.39 is 27.0 Å². The molecule has 0 bridgehead atoms. The summed E-state index contributed by atoms with van der Waals surface area (Å²) in [4.78, 5) is 21.9. The van der Waals surface area contributed by atoms with Gasteiger partial charge in [-0.25, -0.2) is 13.2 Å². The van der Waals surface area contributed by atoms with E-state index in [-0.39, 0.29) is 10.6 Å². The summed E-state index contributed by atoms with van der Waals surface area (Å²) in [5.41, 5.74) is 10.4. The molecule has 3 amide bonds. The Morgan fingerprint density at radius 3 is 2.42 bits per heavy atom. The van der Waals surface area contributed by atoms with Crippen LogP contribution in [0.3, 0.4) is 0 Å². The molecule has 104 valence electrons. The molecule has 0 spiro atoms. The third kappa shape index (κ3) is 3.44. The first kappa shape index (κ1) is 15.4. The Balaban J connectivity index is 3.16. The van der Waals surface area contributed by atoms with E-state index in [0.717, 1.165) is 6.92 Å². The summed E-state index contributed by atoms with van der Waals surface area (Å²) in [5.74, 6) is -1.00. The normalized spacial score (nSPS) is 12.7. The Kier molecular flexibility index (Phi) is 4.53. The summed E-state index contributed by atoms with van der Waals surface area (Å²) in [6, 6.07) is 3.06. The molecule has 0 aliphatic rings. The summed E-state index contributed by atoms with van der Waals surface area (Å²) < 4.78 is 25.0. The fraction of sp³-hybridized carbons (Fsp3) is 0.200. The number of nitrogen functional groups attached to an aromatic ring is 1. The molecule has 9 heteroatoms. The number of imide groups is 1. The van der Waals surface area contributed by atoms with Gasteiger partial charge in [-0.1, -0.05) is 15.9 Å². The lowest BCUT2D eigenvalue weighted by atomic mass is 10.3. The Hall–Kier alpha value is -1.61. The number of nitrogens with two attached hydrogens (primary N) is 2. The number of rotatable bonds is 3. The van der Waals surface area contributed by atoms with Crippen LogP contribution in [0.15, 0.2) is 27.6 Å². The number of halogens is 1. The van der Waals surface area contributed by atoms with E-state index in [0.29, 0.717) is 4.47 Å². The summed E-state index contributed by atoms with van der Waals surface area (Å²) in [7, 11) is -4.00. The van der Waals surface area contributed by atoms with Crippen LogP contribution in [-0.2, 0) is 14.6 Å². The predicted molar refractivity (Wildman–Crippen MR) is 72.9 cm³/mol. The molecular weight excluding hydrogens is 338 g/mol. The van der Waals surface area contributed by atoms with Gasteiger partial charge < -0.3 is 11.5 Å². The van der Waals surface area contributed by atoms with Gasteiger partial charge in [-0.05, 0) is 25.1 Å². The second kappa shape index (κ2) is 5.57. The van der Waals surface area contributed by atoms with Crippen LogP contribution < -0.4 is 16.8 Å². The van der Waals surface area contributed by atoms with E-state index in [4.69, 9.17) is 11.5 Å². The highest BCUT2D eigenvalue weighted by atomic mass is 79.9. The minimum atomic E-state index is -4.00. The highest BCUT2D eigenvalue weighted by molar-refractivity contribution is 9.10. The summed E-state index contributed by atoms with van der Waals surface area (Å²) >= 11 is 3.15. The van der Waals surface area contributed by atoms with Crippen LogP contribution in [-0.4, -0.2) is 25.6 Å².